The van der Waals surface area contributed by atoms with Gasteiger partial charge in [-0.2, -0.15) is 0 Å². The van der Waals surface area contributed by atoms with Crippen LogP contribution in [0.3, 0.4) is 0 Å². The molecule has 1 aliphatic rings. The van der Waals surface area contributed by atoms with Crippen molar-refractivity contribution in [1.82, 2.24) is 5.43 Å². The van der Waals surface area contributed by atoms with E-state index < -0.39 is 11.6 Å². The van der Waals surface area contributed by atoms with E-state index in [4.69, 9.17) is 5.84 Å². The van der Waals surface area contributed by atoms with Gasteiger partial charge in [0.2, 0.25) is 0 Å². The van der Waals surface area contributed by atoms with Crippen molar-refractivity contribution in [2.75, 3.05) is 0 Å². The zero-order valence-corrected chi connectivity index (χ0v) is 11.7. The maximum absolute atomic E-state index is 13.8. The van der Waals surface area contributed by atoms with Gasteiger partial charge in [0, 0.05) is 18.0 Å². The molecule has 2 nitrogen and oxygen atoms in total. The number of aryl methyl sites for hydroxylation is 1. The summed E-state index contributed by atoms with van der Waals surface area (Å²) in [4.78, 5) is 0. The molecule has 2 aromatic rings. The van der Waals surface area contributed by atoms with Crippen LogP contribution in [-0.4, -0.2) is 6.04 Å². The van der Waals surface area contributed by atoms with Crippen LogP contribution in [0, 0.1) is 11.6 Å². The molecule has 4 heteroatoms. The predicted molar refractivity (Wildman–Crippen MR) is 78.7 cm³/mol. The lowest BCUT2D eigenvalue weighted by Crippen LogP contribution is -2.41. The lowest BCUT2D eigenvalue weighted by molar-refractivity contribution is 0.427. The second kappa shape index (κ2) is 5.92. The summed E-state index contributed by atoms with van der Waals surface area (Å²) in [6.07, 6.45) is 2.46. The Hall–Kier alpha value is -1.78. The van der Waals surface area contributed by atoms with Crippen LogP contribution in [-0.2, 0) is 12.8 Å². The van der Waals surface area contributed by atoms with Gasteiger partial charge < -0.3 is 0 Å². The molecule has 0 saturated heterocycles. The summed E-state index contributed by atoms with van der Waals surface area (Å²) in [6.45, 7) is 0. The molecule has 0 amide bonds. The minimum atomic E-state index is -0.556. The highest BCUT2D eigenvalue weighted by Gasteiger charge is 2.29. The number of nitrogens with two attached hydrogens (primary N) is 1. The molecule has 0 radical (unpaired) electrons. The second-order valence-electron chi connectivity index (χ2n) is 5.56. The van der Waals surface area contributed by atoms with Gasteiger partial charge in [-0.1, -0.05) is 30.3 Å². The number of nitrogens with one attached hydrogen (secondary N) is 1. The average molecular weight is 288 g/mol. The Morgan fingerprint density at radius 3 is 2.76 bits per heavy atom. The molecule has 110 valence electrons. The van der Waals surface area contributed by atoms with Crippen molar-refractivity contribution in [2.24, 2.45) is 5.84 Å². The van der Waals surface area contributed by atoms with Crippen molar-refractivity contribution in [3.05, 3.63) is 70.8 Å². The third-order valence-corrected chi connectivity index (χ3v) is 4.33. The molecular weight excluding hydrogens is 270 g/mol. The highest BCUT2D eigenvalue weighted by atomic mass is 19.1. The van der Waals surface area contributed by atoms with E-state index in [0.717, 1.165) is 18.9 Å². The zero-order chi connectivity index (χ0) is 14.8. The highest BCUT2D eigenvalue weighted by Crippen LogP contribution is 2.36. The van der Waals surface area contributed by atoms with Gasteiger partial charge >= 0.3 is 0 Å². The molecule has 3 rings (SSSR count). The molecule has 0 saturated carbocycles. The molecule has 0 aromatic heterocycles. The van der Waals surface area contributed by atoms with Gasteiger partial charge in [0.15, 0.2) is 0 Å². The molecule has 0 heterocycles. The van der Waals surface area contributed by atoms with Crippen LogP contribution in [0.2, 0.25) is 0 Å². The normalized spacial score (nSPS) is 18.5. The maximum Gasteiger partial charge on any atom is 0.129 e. The molecule has 0 bridgehead atoms. The largest absolute Gasteiger partial charge is 0.271 e. The summed E-state index contributed by atoms with van der Waals surface area (Å²) >= 11 is 0. The van der Waals surface area contributed by atoms with Gasteiger partial charge in [-0.05, 0) is 42.0 Å². The monoisotopic (exact) mass is 288 g/mol. The van der Waals surface area contributed by atoms with Gasteiger partial charge in [-0.15, -0.1) is 0 Å². The summed E-state index contributed by atoms with van der Waals surface area (Å²) in [6, 6.07) is 11.9. The smallest absolute Gasteiger partial charge is 0.129 e. The summed E-state index contributed by atoms with van der Waals surface area (Å²) < 4.78 is 26.8. The van der Waals surface area contributed by atoms with Crippen molar-refractivity contribution in [2.45, 2.75) is 31.2 Å². The van der Waals surface area contributed by atoms with Crippen LogP contribution >= 0.6 is 0 Å². The van der Waals surface area contributed by atoms with Crippen molar-refractivity contribution in [1.29, 1.82) is 0 Å². The van der Waals surface area contributed by atoms with E-state index in [0.29, 0.717) is 12.0 Å². The van der Waals surface area contributed by atoms with Gasteiger partial charge in [0.1, 0.15) is 11.6 Å². The average Bonchev–Trinajstić information content (AvgIpc) is 2.91. The van der Waals surface area contributed by atoms with E-state index >= 15 is 0 Å². The lowest BCUT2D eigenvalue weighted by atomic mass is 9.89. The molecular formula is C17H18F2N2. The zero-order valence-electron chi connectivity index (χ0n) is 11.7. The van der Waals surface area contributed by atoms with E-state index in [9.17, 15) is 8.78 Å². The Bertz CT molecular complexity index is 642. The minimum absolute atomic E-state index is 0.0615. The topological polar surface area (TPSA) is 38.0 Å². The van der Waals surface area contributed by atoms with E-state index in [1.807, 2.05) is 12.1 Å². The molecule has 1 aliphatic carbocycles. The number of hydrogen-bond acceptors (Lipinski definition) is 2. The van der Waals surface area contributed by atoms with E-state index in [1.165, 1.54) is 23.3 Å². The SMILES string of the molecule is NNC(Cc1ccc(F)cc1F)C1CCc2ccccc21. The fraction of sp³-hybridized carbons (Fsp3) is 0.294. The standard InChI is InChI=1S/C17H18F2N2/c18-13-7-5-12(16(19)10-13)9-17(21-20)15-8-6-11-3-1-2-4-14(11)15/h1-5,7,10,15,17,21H,6,8-9,20H2. The number of hydrazine groups is 1. The molecule has 0 aliphatic heterocycles. The van der Waals surface area contributed by atoms with E-state index in [-0.39, 0.29) is 12.0 Å². The number of benzene rings is 2. The molecule has 2 unspecified atom stereocenters. The fourth-order valence-corrected chi connectivity index (χ4v) is 3.25. The Balaban J connectivity index is 1.83. The second-order valence-corrected chi connectivity index (χ2v) is 5.56. The van der Waals surface area contributed by atoms with Crippen LogP contribution in [0.5, 0.6) is 0 Å². The van der Waals surface area contributed by atoms with E-state index in [1.54, 1.807) is 0 Å². The van der Waals surface area contributed by atoms with Crippen molar-refractivity contribution < 1.29 is 8.78 Å². The first kappa shape index (κ1) is 14.2. The van der Waals surface area contributed by atoms with Crippen molar-refractivity contribution in [3.63, 3.8) is 0 Å². The van der Waals surface area contributed by atoms with Crippen LogP contribution in [0.4, 0.5) is 8.78 Å². The fourth-order valence-electron chi connectivity index (χ4n) is 3.25. The molecule has 0 spiro atoms. The van der Waals surface area contributed by atoms with Crippen LogP contribution in [0.1, 0.15) is 29.0 Å². The molecule has 0 fully saturated rings. The first-order valence-corrected chi connectivity index (χ1v) is 7.17. The Morgan fingerprint density at radius 1 is 1.19 bits per heavy atom. The number of fused-ring (bicyclic) bond motifs is 1. The van der Waals surface area contributed by atoms with Crippen LogP contribution in [0.25, 0.3) is 0 Å². The Morgan fingerprint density at radius 2 is 2.00 bits per heavy atom. The highest BCUT2D eigenvalue weighted by molar-refractivity contribution is 5.36. The Labute approximate surface area is 122 Å². The van der Waals surface area contributed by atoms with Crippen molar-refractivity contribution >= 4 is 0 Å². The van der Waals surface area contributed by atoms with Gasteiger partial charge in [-0.3, -0.25) is 11.3 Å². The third-order valence-electron chi connectivity index (χ3n) is 4.33. The predicted octanol–water partition coefficient (Wildman–Crippen LogP) is 3.07. The summed E-state index contributed by atoms with van der Waals surface area (Å²) in [5.41, 5.74) is 5.92. The molecule has 2 atom stereocenters. The Kier molecular flexibility index (Phi) is 3.99. The van der Waals surface area contributed by atoms with Crippen LogP contribution < -0.4 is 11.3 Å². The lowest BCUT2D eigenvalue weighted by Gasteiger charge is -2.24. The van der Waals surface area contributed by atoms with Gasteiger partial charge in [-0.25, -0.2) is 8.78 Å². The first-order chi connectivity index (χ1) is 10.2. The third kappa shape index (κ3) is 2.82. The minimum Gasteiger partial charge on any atom is -0.271 e. The number of rotatable bonds is 4. The number of hydrogen-bond donors (Lipinski definition) is 2. The number of halogens is 2. The summed E-state index contributed by atoms with van der Waals surface area (Å²) in [5.74, 6) is 4.88. The molecule has 21 heavy (non-hydrogen) atoms. The summed E-state index contributed by atoms with van der Waals surface area (Å²) in [7, 11) is 0. The van der Waals surface area contributed by atoms with Gasteiger partial charge in [0.25, 0.3) is 0 Å². The first-order valence-electron chi connectivity index (χ1n) is 7.17. The molecule has 3 N–H and O–H groups in total. The van der Waals surface area contributed by atoms with Gasteiger partial charge in [0.05, 0.1) is 0 Å². The van der Waals surface area contributed by atoms with Crippen LogP contribution in [0.15, 0.2) is 42.5 Å². The quantitative estimate of drug-likeness (QED) is 0.670. The summed E-state index contributed by atoms with van der Waals surface area (Å²) in [5, 5.41) is 0. The van der Waals surface area contributed by atoms with Crippen molar-refractivity contribution in [3.8, 4) is 0 Å². The molecule has 2 aromatic carbocycles. The maximum atomic E-state index is 13.8. The van der Waals surface area contributed by atoms with E-state index in [2.05, 4.69) is 17.6 Å².